The third-order valence-electron chi connectivity index (χ3n) is 4.62. The van der Waals surface area contributed by atoms with Crippen LogP contribution >= 0.6 is 0 Å². The monoisotopic (exact) mass is 344 g/mol. The molecule has 124 valence electrons. The van der Waals surface area contributed by atoms with Crippen LogP contribution in [0.2, 0.25) is 0 Å². The molecule has 0 saturated carbocycles. The zero-order valence-corrected chi connectivity index (χ0v) is 13.7. The molecule has 1 aromatic carbocycles. The molecule has 1 fully saturated rings. The predicted molar refractivity (Wildman–Crippen MR) is 85.8 cm³/mol. The Kier molecular flexibility index (Phi) is 3.43. The number of carbonyl (C=O) groups excluding carboxylic acids is 1. The van der Waals surface area contributed by atoms with Crippen LogP contribution in [0, 0.1) is 0 Å². The van der Waals surface area contributed by atoms with Gasteiger partial charge in [0.05, 0.1) is 12.1 Å². The summed E-state index contributed by atoms with van der Waals surface area (Å²) in [5, 5.41) is 0. The van der Waals surface area contributed by atoms with E-state index in [4.69, 9.17) is 4.74 Å². The third kappa shape index (κ3) is 2.23. The zero-order chi connectivity index (χ0) is 16.8. The topological polar surface area (TPSA) is 76.6 Å². The normalized spacial score (nSPS) is 23.9. The summed E-state index contributed by atoms with van der Waals surface area (Å²) in [4.78, 5) is 16.2. The maximum atomic E-state index is 12.9. The molecule has 0 N–H and O–H groups in total. The molecule has 1 spiro atoms. The van der Waals surface area contributed by atoms with Gasteiger partial charge in [-0.05, 0) is 31.0 Å². The number of pyridine rings is 1. The highest BCUT2D eigenvalue weighted by atomic mass is 32.2. The van der Waals surface area contributed by atoms with Crippen molar-refractivity contribution in [3.05, 3.63) is 59.9 Å². The number of rotatable bonds is 2. The maximum absolute atomic E-state index is 12.9. The lowest BCUT2D eigenvalue weighted by molar-refractivity contribution is -0.0345. The van der Waals surface area contributed by atoms with E-state index >= 15 is 0 Å². The average molecular weight is 344 g/mol. The lowest BCUT2D eigenvalue weighted by Crippen LogP contribution is -2.48. The van der Waals surface area contributed by atoms with Crippen LogP contribution < -0.4 is 0 Å². The van der Waals surface area contributed by atoms with Gasteiger partial charge in [0.15, 0.2) is 5.60 Å². The van der Waals surface area contributed by atoms with Gasteiger partial charge >= 0.3 is 5.97 Å². The number of fused-ring (bicyclic) bond motifs is 2. The molecule has 1 atom stereocenters. The first-order valence-electron chi connectivity index (χ1n) is 7.76. The molecule has 7 heteroatoms. The summed E-state index contributed by atoms with van der Waals surface area (Å²) in [7, 11) is -3.67. The summed E-state index contributed by atoms with van der Waals surface area (Å²) < 4.78 is 32.8. The van der Waals surface area contributed by atoms with E-state index in [-0.39, 0.29) is 17.4 Å². The number of ether oxygens (including phenoxy) is 1. The van der Waals surface area contributed by atoms with E-state index in [2.05, 4.69) is 4.98 Å². The van der Waals surface area contributed by atoms with E-state index in [1.165, 1.54) is 22.8 Å². The van der Waals surface area contributed by atoms with Crippen LogP contribution in [-0.2, 0) is 20.4 Å². The standard InChI is InChI=1S/C17H16N2O4S/c20-16-14-6-1-2-7-15(14)17(23-16)8-4-10-19(12-17)24(21,22)13-5-3-9-18-11-13/h1-3,5-7,9,11H,4,8,10,12H2/t17-/m0/s1. The second kappa shape index (κ2) is 5.39. The molecular weight excluding hydrogens is 328 g/mol. The van der Waals surface area contributed by atoms with Gasteiger partial charge in [0.2, 0.25) is 10.0 Å². The zero-order valence-electron chi connectivity index (χ0n) is 12.9. The highest BCUT2D eigenvalue weighted by molar-refractivity contribution is 7.89. The van der Waals surface area contributed by atoms with Gasteiger partial charge in [-0.25, -0.2) is 13.2 Å². The second-order valence-electron chi connectivity index (χ2n) is 6.06. The van der Waals surface area contributed by atoms with Crippen LogP contribution in [0.3, 0.4) is 0 Å². The van der Waals surface area contributed by atoms with Gasteiger partial charge in [-0.1, -0.05) is 18.2 Å². The number of carbonyl (C=O) groups is 1. The minimum absolute atomic E-state index is 0.132. The first-order chi connectivity index (χ1) is 11.5. The Bertz CT molecular complexity index is 898. The van der Waals surface area contributed by atoms with Crippen molar-refractivity contribution >= 4 is 16.0 Å². The number of hydrogen-bond donors (Lipinski definition) is 0. The summed E-state index contributed by atoms with van der Waals surface area (Å²) in [6.45, 7) is 0.533. The molecule has 6 nitrogen and oxygen atoms in total. The largest absolute Gasteiger partial charge is 0.449 e. The molecule has 4 rings (SSSR count). The van der Waals surface area contributed by atoms with Crippen LogP contribution in [-0.4, -0.2) is 36.8 Å². The maximum Gasteiger partial charge on any atom is 0.339 e. The fraction of sp³-hybridized carbons (Fsp3) is 0.294. The molecule has 0 amide bonds. The van der Waals surface area contributed by atoms with E-state index in [0.717, 1.165) is 5.56 Å². The van der Waals surface area contributed by atoms with Crippen LogP contribution in [0.15, 0.2) is 53.7 Å². The molecule has 3 heterocycles. The fourth-order valence-corrected chi connectivity index (χ4v) is 4.98. The number of esters is 1. The Morgan fingerprint density at radius 1 is 1.17 bits per heavy atom. The molecule has 2 aromatic rings. The van der Waals surface area contributed by atoms with Gasteiger partial charge < -0.3 is 4.74 Å². The highest BCUT2D eigenvalue weighted by Crippen LogP contribution is 2.43. The SMILES string of the molecule is O=C1O[C@]2(CCCN(S(=O)(=O)c3cccnc3)C2)c2ccccc21. The van der Waals surface area contributed by atoms with Crippen molar-refractivity contribution < 1.29 is 17.9 Å². The van der Waals surface area contributed by atoms with Crippen LogP contribution in [0.1, 0.15) is 28.8 Å². The summed E-state index contributed by atoms with van der Waals surface area (Å²) in [6, 6.07) is 10.3. The van der Waals surface area contributed by atoms with E-state index in [0.29, 0.717) is 24.9 Å². The molecule has 0 unspecified atom stereocenters. The molecular formula is C17H16N2O4S. The number of nitrogens with zero attached hydrogens (tertiary/aromatic N) is 2. The summed E-state index contributed by atoms with van der Waals surface area (Å²) in [5.41, 5.74) is 0.417. The number of hydrogen-bond acceptors (Lipinski definition) is 5. The average Bonchev–Trinajstić information content (AvgIpc) is 2.88. The molecule has 0 radical (unpaired) electrons. The Labute approximate surface area is 140 Å². The Balaban J connectivity index is 1.72. The Morgan fingerprint density at radius 2 is 2.00 bits per heavy atom. The number of aromatic nitrogens is 1. The van der Waals surface area contributed by atoms with Crippen molar-refractivity contribution in [3.8, 4) is 0 Å². The first kappa shape index (κ1) is 15.3. The molecule has 24 heavy (non-hydrogen) atoms. The molecule has 2 aliphatic rings. The van der Waals surface area contributed by atoms with E-state index < -0.39 is 15.6 Å². The number of sulfonamides is 1. The molecule has 0 aliphatic carbocycles. The minimum Gasteiger partial charge on any atom is -0.449 e. The van der Waals surface area contributed by atoms with Crippen molar-refractivity contribution in [1.82, 2.24) is 9.29 Å². The van der Waals surface area contributed by atoms with Gasteiger partial charge in [0, 0.05) is 24.5 Å². The molecule has 1 aromatic heterocycles. The second-order valence-corrected chi connectivity index (χ2v) is 8.00. The van der Waals surface area contributed by atoms with Crippen LogP contribution in [0.5, 0.6) is 0 Å². The van der Waals surface area contributed by atoms with Crippen LogP contribution in [0.4, 0.5) is 0 Å². The van der Waals surface area contributed by atoms with E-state index in [1.807, 2.05) is 12.1 Å². The molecule has 0 bridgehead atoms. The smallest absolute Gasteiger partial charge is 0.339 e. The van der Waals surface area contributed by atoms with Gasteiger partial charge in [0.25, 0.3) is 0 Å². The van der Waals surface area contributed by atoms with Gasteiger partial charge in [-0.2, -0.15) is 4.31 Å². The molecule has 1 saturated heterocycles. The third-order valence-corrected chi connectivity index (χ3v) is 6.45. The number of benzene rings is 1. The summed E-state index contributed by atoms with van der Waals surface area (Å²) in [6.07, 6.45) is 4.12. The van der Waals surface area contributed by atoms with Crippen molar-refractivity contribution in [2.45, 2.75) is 23.3 Å². The lowest BCUT2D eigenvalue weighted by Gasteiger charge is -2.38. The van der Waals surface area contributed by atoms with E-state index in [9.17, 15) is 13.2 Å². The lowest BCUT2D eigenvalue weighted by atomic mass is 9.86. The van der Waals surface area contributed by atoms with Gasteiger partial charge in [0.1, 0.15) is 4.90 Å². The van der Waals surface area contributed by atoms with Crippen LogP contribution in [0.25, 0.3) is 0 Å². The quantitative estimate of drug-likeness (QED) is 0.778. The highest BCUT2D eigenvalue weighted by Gasteiger charge is 2.50. The van der Waals surface area contributed by atoms with Crippen molar-refractivity contribution in [2.75, 3.05) is 13.1 Å². The van der Waals surface area contributed by atoms with Gasteiger partial charge in [-0.15, -0.1) is 0 Å². The van der Waals surface area contributed by atoms with Crippen molar-refractivity contribution in [3.63, 3.8) is 0 Å². The predicted octanol–water partition coefficient (Wildman–Crippen LogP) is 1.93. The Morgan fingerprint density at radius 3 is 2.79 bits per heavy atom. The summed E-state index contributed by atoms with van der Waals surface area (Å²) in [5.74, 6) is -0.383. The summed E-state index contributed by atoms with van der Waals surface area (Å²) >= 11 is 0. The van der Waals surface area contributed by atoms with Gasteiger partial charge in [-0.3, -0.25) is 4.98 Å². The minimum atomic E-state index is -3.67. The van der Waals surface area contributed by atoms with Crippen molar-refractivity contribution in [1.29, 1.82) is 0 Å². The van der Waals surface area contributed by atoms with Crippen molar-refractivity contribution in [2.24, 2.45) is 0 Å². The van der Waals surface area contributed by atoms with E-state index in [1.54, 1.807) is 18.2 Å². The Hall–Kier alpha value is -2.25. The number of piperidine rings is 1. The molecule has 2 aliphatic heterocycles. The first-order valence-corrected chi connectivity index (χ1v) is 9.20. The fourth-order valence-electron chi connectivity index (χ4n) is 3.49.